The minimum atomic E-state index is -4.67. The number of hydrogen-bond donors (Lipinski definition) is 1. The molecule has 1 amide bonds. The van der Waals surface area contributed by atoms with Crippen molar-refractivity contribution in [1.29, 1.82) is 0 Å². The molecule has 0 bridgehead atoms. The van der Waals surface area contributed by atoms with Crippen LogP contribution < -0.4 is 5.32 Å². The van der Waals surface area contributed by atoms with Gasteiger partial charge >= 0.3 is 6.18 Å². The molecule has 0 aliphatic carbocycles. The van der Waals surface area contributed by atoms with Crippen LogP contribution in [-0.2, 0) is 6.18 Å². The van der Waals surface area contributed by atoms with Gasteiger partial charge in [0.15, 0.2) is 5.69 Å². The van der Waals surface area contributed by atoms with E-state index in [1.807, 2.05) is 0 Å². The molecule has 25 heavy (non-hydrogen) atoms. The lowest BCUT2D eigenvalue weighted by Gasteiger charge is -2.19. The molecule has 132 valence electrons. The van der Waals surface area contributed by atoms with Gasteiger partial charge in [0, 0.05) is 26.2 Å². The molecule has 0 saturated carbocycles. The molecule has 1 aromatic carbocycles. The zero-order valence-corrected chi connectivity index (χ0v) is 13.3. The smallest absolute Gasteiger partial charge is 0.338 e. The van der Waals surface area contributed by atoms with Crippen LogP contribution in [0.4, 0.5) is 13.2 Å². The number of nitrogens with zero attached hydrogens (tertiary/aromatic N) is 3. The molecule has 2 saturated heterocycles. The van der Waals surface area contributed by atoms with Crippen LogP contribution in [-0.4, -0.2) is 46.8 Å². The summed E-state index contributed by atoms with van der Waals surface area (Å²) in [7, 11) is 0. The number of benzene rings is 1. The Bertz CT molecular complexity index is 775. The van der Waals surface area contributed by atoms with Crippen LogP contribution in [0.2, 0.25) is 0 Å². The van der Waals surface area contributed by atoms with Gasteiger partial charge in [0.25, 0.3) is 5.91 Å². The molecule has 0 radical (unpaired) electrons. The molecule has 3 heterocycles. The van der Waals surface area contributed by atoms with E-state index < -0.39 is 17.8 Å². The minimum Gasteiger partial charge on any atom is -0.338 e. The number of para-hydroxylation sites is 1. The predicted molar refractivity (Wildman–Crippen MR) is 84.3 cm³/mol. The summed E-state index contributed by atoms with van der Waals surface area (Å²) in [6, 6.07) is 8.04. The number of nitrogens with one attached hydrogen (secondary N) is 1. The van der Waals surface area contributed by atoms with E-state index in [9.17, 15) is 18.0 Å². The van der Waals surface area contributed by atoms with Gasteiger partial charge in [0.05, 0.1) is 17.4 Å². The van der Waals surface area contributed by atoms with Gasteiger partial charge in [-0.1, -0.05) is 18.2 Å². The SMILES string of the molecule is O=C(c1cnn(-c2ccccc2)c1C(F)(F)F)N1CC2CNCC2C1. The number of hydrogen-bond acceptors (Lipinski definition) is 3. The average Bonchev–Trinajstić information content (AvgIpc) is 3.28. The number of likely N-dealkylation sites (tertiary alicyclic amines) is 1. The third-order valence-corrected chi connectivity index (χ3v) is 4.95. The van der Waals surface area contributed by atoms with Crippen molar-refractivity contribution in [3.63, 3.8) is 0 Å². The first-order chi connectivity index (χ1) is 11.9. The van der Waals surface area contributed by atoms with Crippen molar-refractivity contribution in [3.05, 3.63) is 47.8 Å². The van der Waals surface area contributed by atoms with E-state index in [4.69, 9.17) is 0 Å². The van der Waals surface area contributed by atoms with Crippen molar-refractivity contribution in [1.82, 2.24) is 20.0 Å². The van der Waals surface area contributed by atoms with E-state index in [1.54, 1.807) is 18.2 Å². The fourth-order valence-electron chi connectivity index (χ4n) is 3.73. The monoisotopic (exact) mass is 350 g/mol. The summed E-state index contributed by atoms with van der Waals surface area (Å²) in [5.41, 5.74) is -1.13. The molecule has 2 fully saturated rings. The highest BCUT2D eigenvalue weighted by Gasteiger charge is 2.44. The molecule has 1 N–H and O–H groups in total. The summed E-state index contributed by atoms with van der Waals surface area (Å²) in [4.78, 5) is 14.3. The summed E-state index contributed by atoms with van der Waals surface area (Å²) < 4.78 is 41.8. The number of alkyl halides is 3. The second kappa shape index (κ2) is 5.87. The Morgan fingerprint density at radius 1 is 1.12 bits per heavy atom. The lowest BCUT2D eigenvalue weighted by atomic mass is 10.0. The Kier molecular flexibility index (Phi) is 3.79. The Hall–Kier alpha value is -2.35. The minimum absolute atomic E-state index is 0.274. The van der Waals surface area contributed by atoms with Gasteiger partial charge in [-0.2, -0.15) is 18.3 Å². The molecular weight excluding hydrogens is 333 g/mol. The first-order valence-corrected chi connectivity index (χ1v) is 8.16. The number of aromatic nitrogens is 2. The first kappa shape index (κ1) is 16.1. The molecule has 2 atom stereocenters. The molecule has 5 nitrogen and oxygen atoms in total. The van der Waals surface area contributed by atoms with Crippen LogP contribution >= 0.6 is 0 Å². The van der Waals surface area contributed by atoms with Crippen LogP contribution in [0.1, 0.15) is 16.1 Å². The molecule has 2 aliphatic heterocycles. The maximum Gasteiger partial charge on any atom is 0.434 e. The third-order valence-electron chi connectivity index (χ3n) is 4.95. The van der Waals surface area contributed by atoms with E-state index in [2.05, 4.69) is 10.4 Å². The molecular formula is C17H17F3N4O. The van der Waals surface area contributed by atoms with Crippen LogP contribution in [0.5, 0.6) is 0 Å². The Balaban J connectivity index is 1.70. The first-order valence-electron chi connectivity index (χ1n) is 8.16. The van der Waals surface area contributed by atoms with Gasteiger partial charge in [-0.3, -0.25) is 4.79 Å². The summed E-state index contributed by atoms with van der Waals surface area (Å²) in [5, 5.41) is 7.10. The fraction of sp³-hybridized carbons (Fsp3) is 0.412. The normalized spacial score (nSPS) is 23.1. The fourth-order valence-corrected chi connectivity index (χ4v) is 3.73. The zero-order chi connectivity index (χ0) is 17.6. The summed E-state index contributed by atoms with van der Waals surface area (Å²) in [6.07, 6.45) is -3.64. The summed E-state index contributed by atoms with van der Waals surface area (Å²) in [5.74, 6) is 0.0498. The second-order valence-electron chi connectivity index (χ2n) is 6.54. The van der Waals surface area contributed by atoms with E-state index in [0.29, 0.717) is 24.9 Å². The number of carbonyl (C=O) groups is 1. The van der Waals surface area contributed by atoms with Crippen molar-refractivity contribution in [3.8, 4) is 5.69 Å². The molecule has 8 heteroatoms. The van der Waals surface area contributed by atoms with E-state index in [0.717, 1.165) is 24.0 Å². The highest BCUT2D eigenvalue weighted by atomic mass is 19.4. The number of halogens is 3. The lowest BCUT2D eigenvalue weighted by Crippen LogP contribution is -2.33. The van der Waals surface area contributed by atoms with Gasteiger partial charge in [-0.25, -0.2) is 4.68 Å². The summed E-state index contributed by atoms with van der Waals surface area (Å²) in [6.45, 7) is 2.60. The molecule has 2 aromatic rings. The highest BCUT2D eigenvalue weighted by Crippen LogP contribution is 2.35. The van der Waals surface area contributed by atoms with Crippen LogP contribution in [0, 0.1) is 11.8 Å². The van der Waals surface area contributed by atoms with Gasteiger partial charge < -0.3 is 10.2 Å². The molecule has 2 aliphatic rings. The maximum absolute atomic E-state index is 13.7. The van der Waals surface area contributed by atoms with Crippen molar-refractivity contribution in [2.75, 3.05) is 26.2 Å². The van der Waals surface area contributed by atoms with E-state index in [1.165, 1.54) is 17.0 Å². The van der Waals surface area contributed by atoms with Crippen LogP contribution in [0.3, 0.4) is 0 Å². The van der Waals surface area contributed by atoms with Crippen LogP contribution in [0.25, 0.3) is 5.69 Å². The third kappa shape index (κ3) is 2.80. The highest BCUT2D eigenvalue weighted by molar-refractivity contribution is 5.95. The predicted octanol–water partition coefficient (Wildman–Crippen LogP) is 2.18. The van der Waals surface area contributed by atoms with Gasteiger partial charge in [0.2, 0.25) is 0 Å². The Morgan fingerprint density at radius 2 is 1.76 bits per heavy atom. The van der Waals surface area contributed by atoms with Crippen molar-refractivity contribution >= 4 is 5.91 Å². The number of rotatable bonds is 2. The van der Waals surface area contributed by atoms with Gasteiger partial charge in [-0.05, 0) is 24.0 Å². The molecule has 4 rings (SSSR count). The number of amides is 1. The van der Waals surface area contributed by atoms with E-state index >= 15 is 0 Å². The van der Waals surface area contributed by atoms with Crippen LogP contribution in [0.15, 0.2) is 36.5 Å². The maximum atomic E-state index is 13.7. The largest absolute Gasteiger partial charge is 0.434 e. The zero-order valence-electron chi connectivity index (χ0n) is 13.3. The average molecular weight is 350 g/mol. The topological polar surface area (TPSA) is 50.2 Å². The second-order valence-corrected chi connectivity index (χ2v) is 6.54. The molecule has 2 unspecified atom stereocenters. The standard InChI is InChI=1S/C17H17F3N4O/c18-17(19,20)15-14(8-22-24(15)13-4-2-1-3-5-13)16(25)23-9-11-6-21-7-12(11)10-23/h1-5,8,11-12,21H,6-7,9-10H2. The number of carbonyl (C=O) groups excluding carboxylic acids is 1. The Labute approximate surface area is 142 Å². The summed E-state index contributed by atoms with van der Waals surface area (Å²) >= 11 is 0. The van der Waals surface area contributed by atoms with Crippen molar-refractivity contribution < 1.29 is 18.0 Å². The lowest BCUT2D eigenvalue weighted by molar-refractivity contribution is -0.143. The number of fused-ring (bicyclic) bond motifs is 1. The van der Waals surface area contributed by atoms with Crippen molar-refractivity contribution in [2.45, 2.75) is 6.18 Å². The molecule has 0 spiro atoms. The van der Waals surface area contributed by atoms with E-state index in [-0.39, 0.29) is 11.3 Å². The quantitative estimate of drug-likeness (QED) is 0.903. The van der Waals surface area contributed by atoms with Gasteiger partial charge in [-0.15, -0.1) is 0 Å². The molecule has 1 aromatic heterocycles. The Morgan fingerprint density at radius 3 is 2.36 bits per heavy atom. The van der Waals surface area contributed by atoms with Crippen molar-refractivity contribution in [2.24, 2.45) is 11.8 Å². The van der Waals surface area contributed by atoms with Gasteiger partial charge in [0.1, 0.15) is 0 Å².